The van der Waals surface area contributed by atoms with Crippen molar-refractivity contribution in [1.29, 1.82) is 0 Å². The van der Waals surface area contributed by atoms with E-state index in [0.717, 1.165) is 30.5 Å². The Morgan fingerprint density at radius 2 is 2.14 bits per heavy atom. The fourth-order valence-corrected chi connectivity index (χ4v) is 2.08. The summed E-state index contributed by atoms with van der Waals surface area (Å²) in [5.74, 6) is -0.139. The largest absolute Gasteiger partial charge is 0.315 e. The van der Waals surface area contributed by atoms with E-state index < -0.39 is 0 Å². The lowest BCUT2D eigenvalue weighted by Gasteiger charge is -2.08. The topological polar surface area (TPSA) is 39.1 Å². The molecule has 1 aliphatic carbocycles. The van der Waals surface area contributed by atoms with Crippen molar-refractivity contribution < 1.29 is 4.79 Å². The van der Waals surface area contributed by atoms with Crippen LogP contribution in [-0.2, 0) is 19.9 Å². The van der Waals surface area contributed by atoms with Crippen LogP contribution in [0.4, 0.5) is 0 Å². The number of hydrogen-bond acceptors (Lipinski definition) is 2. The van der Waals surface area contributed by atoms with E-state index in [4.69, 9.17) is 0 Å². The van der Waals surface area contributed by atoms with Gasteiger partial charge in [-0.05, 0) is 37.8 Å². The molecule has 3 nitrogen and oxygen atoms in total. The van der Waals surface area contributed by atoms with E-state index in [2.05, 4.69) is 0 Å². The molecule has 1 aromatic heterocycles. The summed E-state index contributed by atoms with van der Waals surface area (Å²) < 4.78 is 1.62. The summed E-state index contributed by atoms with van der Waals surface area (Å²) in [4.78, 5) is 22.9. The molecule has 74 valence electrons. The van der Waals surface area contributed by atoms with Gasteiger partial charge in [-0.15, -0.1) is 0 Å². The molecule has 1 aromatic rings. The number of aromatic nitrogens is 1. The van der Waals surface area contributed by atoms with Crippen LogP contribution in [0.25, 0.3) is 0 Å². The van der Waals surface area contributed by atoms with E-state index in [9.17, 15) is 9.59 Å². The fraction of sp³-hybridized carbons (Fsp3) is 0.455. The van der Waals surface area contributed by atoms with Crippen LogP contribution in [0.5, 0.6) is 0 Å². The number of pyridine rings is 1. The Bertz CT molecular complexity index is 457. The summed E-state index contributed by atoms with van der Waals surface area (Å²) in [7, 11) is 1.75. The molecule has 14 heavy (non-hydrogen) atoms. The first-order valence-electron chi connectivity index (χ1n) is 4.84. The minimum atomic E-state index is -0.154. The van der Waals surface area contributed by atoms with Crippen LogP contribution < -0.4 is 5.56 Å². The molecule has 0 unspecified atom stereocenters. The average molecular weight is 191 g/mol. The normalized spacial score (nSPS) is 14.1. The standard InChI is InChI=1S/C11H13NO2/c1-7(13)9-6-8-4-3-5-10(8)12(2)11(9)14/h6H,3-5H2,1-2H3. The van der Waals surface area contributed by atoms with Crippen molar-refractivity contribution in [3.05, 3.63) is 33.2 Å². The molecule has 1 aliphatic rings. The number of rotatable bonds is 1. The smallest absolute Gasteiger partial charge is 0.261 e. The lowest BCUT2D eigenvalue weighted by atomic mass is 10.1. The van der Waals surface area contributed by atoms with Crippen LogP contribution in [0.3, 0.4) is 0 Å². The predicted molar refractivity (Wildman–Crippen MR) is 53.7 cm³/mol. The Balaban J connectivity index is 2.73. The van der Waals surface area contributed by atoms with E-state index in [-0.39, 0.29) is 11.3 Å². The van der Waals surface area contributed by atoms with E-state index >= 15 is 0 Å². The van der Waals surface area contributed by atoms with Gasteiger partial charge in [0.15, 0.2) is 5.78 Å². The highest BCUT2D eigenvalue weighted by atomic mass is 16.1. The van der Waals surface area contributed by atoms with Crippen LogP contribution in [0.15, 0.2) is 10.9 Å². The van der Waals surface area contributed by atoms with Crippen LogP contribution >= 0.6 is 0 Å². The summed E-state index contributed by atoms with van der Waals surface area (Å²) in [6.45, 7) is 1.44. The summed E-state index contributed by atoms with van der Waals surface area (Å²) in [5, 5.41) is 0. The molecule has 0 atom stereocenters. The Labute approximate surface area is 82.4 Å². The third kappa shape index (κ3) is 1.20. The average Bonchev–Trinajstić information content (AvgIpc) is 2.58. The minimum absolute atomic E-state index is 0.139. The van der Waals surface area contributed by atoms with Crippen molar-refractivity contribution in [1.82, 2.24) is 4.57 Å². The summed E-state index contributed by atoms with van der Waals surface area (Å²) in [6.07, 6.45) is 3.03. The molecule has 0 radical (unpaired) electrons. The van der Waals surface area contributed by atoms with Crippen molar-refractivity contribution in [2.24, 2.45) is 7.05 Å². The zero-order chi connectivity index (χ0) is 10.3. The van der Waals surface area contributed by atoms with Crippen molar-refractivity contribution in [2.45, 2.75) is 26.2 Å². The van der Waals surface area contributed by atoms with Gasteiger partial charge in [-0.2, -0.15) is 0 Å². The van der Waals surface area contributed by atoms with Gasteiger partial charge in [-0.3, -0.25) is 9.59 Å². The molecule has 0 saturated heterocycles. The fourth-order valence-electron chi connectivity index (χ4n) is 2.08. The van der Waals surface area contributed by atoms with Crippen molar-refractivity contribution in [3.8, 4) is 0 Å². The number of aryl methyl sites for hydroxylation is 1. The van der Waals surface area contributed by atoms with Crippen molar-refractivity contribution in [3.63, 3.8) is 0 Å². The van der Waals surface area contributed by atoms with E-state index in [0.29, 0.717) is 5.56 Å². The monoisotopic (exact) mass is 191 g/mol. The number of ketones is 1. The molecule has 2 rings (SSSR count). The Hall–Kier alpha value is -1.38. The van der Waals surface area contributed by atoms with Crippen molar-refractivity contribution in [2.75, 3.05) is 0 Å². The Morgan fingerprint density at radius 1 is 1.43 bits per heavy atom. The number of fused-ring (bicyclic) bond motifs is 1. The van der Waals surface area contributed by atoms with Gasteiger partial charge in [-0.25, -0.2) is 0 Å². The van der Waals surface area contributed by atoms with Gasteiger partial charge in [0, 0.05) is 12.7 Å². The quantitative estimate of drug-likeness (QED) is 0.623. The molecule has 3 heteroatoms. The maximum absolute atomic E-state index is 11.7. The van der Waals surface area contributed by atoms with Gasteiger partial charge in [0.1, 0.15) is 0 Å². The van der Waals surface area contributed by atoms with Crippen LogP contribution in [0.2, 0.25) is 0 Å². The number of carbonyl (C=O) groups excluding carboxylic acids is 1. The van der Waals surface area contributed by atoms with Crippen LogP contribution in [0, 0.1) is 0 Å². The first kappa shape index (κ1) is 9.19. The van der Waals surface area contributed by atoms with Gasteiger partial charge in [0.25, 0.3) is 5.56 Å². The highest BCUT2D eigenvalue weighted by Crippen LogP contribution is 2.20. The second kappa shape index (κ2) is 3.08. The molecule has 0 N–H and O–H groups in total. The molecular weight excluding hydrogens is 178 g/mol. The Kier molecular flexibility index (Phi) is 2.02. The van der Waals surface area contributed by atoms with E-state index in [1.807, 2.05) is 0 Å². The third-order valence-electron chi connectivity index (χ3n) is 2.87. The highest BCUT2D eigenvalue weighted by molar-refractivity contribution is 5.93. The predicted octanol–water partition coefficient (Wildman–Crippen LogP) is 1.08. The number of Topliss-reactive ketones (excluding diaryl/α,β-unsaturated/α-hetero) is 1. The molecular formula is C11H13NO2. The first-order valence-corrected chi connectivity index (χ1v) is 4.84. The zero-order valence-corrected chi connectivity index (χ0v) is 8.46. The highest BCUT2D eigenvalue weighted by Gasteiger charge is 2.18. The number of hydrogen-bond donors (Lipinski definition) is 0. The molecule has 0 bridgehead atoms. The van der Waals surface area contributed by atoms with Crippen LogP contribution in [-0.4, -0.2) is 10.4 Å². The molecule has 1 heterocycles. The van der Waals surface area contributed by atoms with Gasteiger partial charge >= 0.3 is 0 Å². The third-order valence-corrected chi connectivity index (χ3v) is 2.87. The second-order valence-electron chi connectivity index (χ2n) is 3.80. The van der Waals surface area contributed by atoms with Gasteiger partial charge in [-0.1, -0.05) is 0 Å². The molecule has 0 spiro atoms. The van der Waals surface area contributed by atoms with Gasteiger partial charge in [0.05, 0.1) is 5.56 Å². The maximum Gasteiger partial charge on any atom is 0.261 e. The van der Waals surface area contributed by atoms with Gasteiger partial charge < -0.3 is 4.57 Å². The second-order valence-corrected chi connectivity index (χ2v) is 3.80. The van der Waals surface area contributed by atoms with Crippen LogP contribution in [0.1, 0.15) is 35.0 Å². The molecule has 0 aliphatic heterocycles. The first-order chi connectivity index (χ1) is 6.61. The van der Waals surface area contributed by atoms with Gasteiger partial charge in [0.2, 0.25) is 0 Å². The maximum atomic E-state index is 11.7. The lowest BCUT2D eigenvalue weighted by Crippen LogP contribution is -2.26. The molecule has 0 fully saturated rings. The summed E-state index contributed by atoms with van der Waals surface area (Å²) in [6, 6.07) is 1.77. The summed E-state index contributed by atoms with van der Waals surface area (Å²) >= 11 is 0. The van der Waals surface area contributed by atoms with E-state index in [1.165, 1.54) is 6.92 Å². The summed E-state index contributed by atoms with van der Waals surface area (Å²) in [5.41, 5.74) is 2.43. The SMILES string of the molecule is CC(=O)c1cc2c(n(C)c1=O)CCC2. The molecule has 0 amide bonds. The number of carbonyl (C=O) groups is 1. The van der Waals surface area contributed by atoms with Crippen molar-refractivity contribution >= 4 is 5.78 Å². The Morgan fingerprint density at radius 3 is 2.79 bits per heavy atom. The number of nitrogens with zero attached hydrogens (tertiary/aromatic N) is 1. The minimum Gasteiger partial charge on any atom is -0.315 e. The molecule has 0 saturated carbocycles. The lowest BCUT2D eigenvalue weighted by molar-refractivity contribution is 0.101. The van der Waals surface area contributed by atoms with E-state index in [1.54, 1.807) is 17.7 Å². The molecule has 0 aromatic carbocycles. The zero-order valence-electron chi connectivity index (χ0n) is 8.46.